The summed E-state index contributed by atoms with van der Waals surface area (Å²) in [4.78, 5) is 51.2. The van der Waals surface area contributed by atoms with Gasteiger partial charge in [-0.2, -0.15) is 0 Å². The van der Waals surface area contributed by atoms with Crippen molar-refractivity contribution in [3.8, 4) is 0 Å². The summed E-state index contributed by atoms with van der Waals surface area (Å²) >= 11 is 0. The van der Waals surface area contributed by atoms with E-state index in [1.807, 2.05) is 5.01 Å². The first-order valence-electron chi connectivity index (χ1n) is 9.88. The first kappa shape index (κ1) is 22.9. The number of methoxy groups -OCH3 is 1. The van der Waals surface area contributed by atoms with E-state index in [1.54, 1.807) is 27.7 Å². The molecule has 2 aliphatic rings. The van der Waals surface area contributed by atoms with Crippen LogP contribution in [0, 0.1) is 0 Å². The van der Waals surface area contributed by atoms with Gasteiger partial charge < -0.3 is 14.8 Å². The van der Waals surface area contributed by atoms with Crippen molar-refractivity contribution in [1.29, 1.82) is 0 Å². The number of rotatable bonds is 4. The van der Waals surface area contributed by atoms with E-state index in [1.165, 1.54) is 24.1 Å². The zero-order valence-corrected chi connectivity index (χ0v) is 18.1. The third-order valence-electron chi connectivity index (χ3n) is 5.13. The van der Waals surface area contributed by atoms with Crippen molar-refractivity contribution >= 4 is 23.9 Å². The van der Waals surface area contributed by atoms with Gasteiger partial charge in [-0.05, 0) is 47.0 Å². The third-order valence-corrected chi connectivity index (χ3v) is 5.13. The molecule has 0 saturated carbocycles. The Hall–Kier alpha value is -2.36. The standard InChI is InChI=1S/C19H32N4O6/c1-12(21(5)18(27)29-19(2,3)4)15(24)20-13-8-7-10-22-11-9-14(17(26)28-6)23(22)16(13)25/h12-14H,7-11H2,1-6H3,(H,20,24). The third kappa shape index (κ3) is 5.37. The molecule has 164 valence electrons. The van der Waals surface area contributed by atoms with Crippen LogP contribution < -0.4 is 5.32 Å². The van der Waals surface area contributed by atoms with Crippen LogP contribution in [-0.4, -0.2) is 89.8 Å². The summed E-state index contributed by atoms with van der Waals surface area (Å²) in [6, 6.07) is -2.27. The van der Waals surface area contributed by atoms with Crippen LogP contribution in [0.4, 0.5) is 4.79 Å². The van der Waals surface area contributed by atoms with Gasteiger partial charge in [0.1, 0.15) is 23.7 Å². The van der Waals surface area contributed by atoms with E-state index in [0.717, 1.165) is 0 Å². The predicted molar refractivity (Wildman–Crippen MR) is 103 cm³/mol. The average Bonchev–Trinajstić information content (AvgIpc) is 3.00. The fourth-order valence-corrected chi connectivity index (χ4v) is 3.42. The van der Waals surface area contributed by atoms with Crippen molar-refractivity contribution in [3.63, 3.8) is 0 Å². The lowest BCUT2D eigenvalue weighted by atomic mass is 10.1. The van der Waals surface area contributed by atoms with Crippen molar-refractivity contribution in [2.45, 2.75) is 70.7 Å². The number of amides is 3. The molecule has 0 aromatic rings. The fraction of sp³-hybridized carbons (Fsp3) is 0.789. The Labute approximate surface area is 171 Å². The van der Waals surface area contributed by atoms with Crippen LogP contribution in [0.5, 0.6) is 0 Å². The number of fused-ring (bicyclic) bond motifs is 1. The van der Waals surface area contributed by atoms with E-state index in [9.17, 15) is 19.2 Å². The lowest BCUT2D eigenvalue weighted by molar-refractivity contribution is -0.162. The normalized spacial score (nSPS) is 23.7. The monoisotopic (exact) mass is 412 g/mol. The molecular weight excluding hydrogens is 380 g/mol. The average molecular weight is 412 g/mol. The van der Waals surface area contributed by atoms with Crippen molar-refractivity contribution in [2.75, 3.05) is 27.2 Å². The highest BCUT2D eigenvalue weighted by Gasteiger charge is 2.44. The van der Waals surface area contributed by atoms with Crippen molar-refractivity contribution in [1.82, 2.24) is 20.2 Å². The van der Waals surface area contributed by atoms with Crippen molar-refractivity contribution in [2.24, 2.45) is 0 Å². The fourth-order valence-electron chi connectivity index (χ4n) is 3.42. The minimum absolute atomic E-state index is 0.337. The Bertz CT molecular complexity index is 662. The van der Waals surface area contributed by atoms with Gasteiger partial charge in [0, 0.05) is 20.1 Å². The van der Waals surface area contributed by atoms with E-state index >= 15 is 0 Å². The minimum Gasteiger partial charge on any atom is -0.467 e. The molecule has 3 unspecified atom stereocenters. The predicted octanol–water partition coefficient (Wildman–Crippen LogP) is 0.511. The molecule has 2 heterocycles. The van der Waals surface area contributed by atoms with Crippen molar-refractivity contribution < 1.29 is 28.7 Å². The molecule has 1 N–H and O–H groups in total. The van der Waals surface area contributed by atoms with Crippen LogP contribution in [0.1, 0.15) is 47.0 Å². The van der Waals surface area contributed by atoms with E-state index < -0.39 is 41.7 Å². The van der Waals surface area contributed by atoms with Crippen molar-refractivity contribution in [3.05, 3.63) is 0 Å². The van der Waals surface area contributed by atoms with Gasteiger partial charge in [-0.1, -0.05) is 0 Å². The van der Waals surface area contributed by atoms with Gasteiger partial charge in [0.05, 0.1) is 7.11 Å². The molecule has 10 heteroatoms. The number of carbonyl (C=O) groups excluding carboxylic acids is 4. The highest BCUT2D eigenvalue weighted by Crippen LogP contribution is 2.25. The second-order valence-corrected chi connectivity index (χ2v) is 8.43. The first-order valence-corrected chi connectivity index (χ1v) is 9.88. The number of hydrogen-bond acceptors (Lipinski definition) is 7. The van der Waals surface area contributed by atoms with E-state index in [0.29, 0.717) is 32.4 Å². The summed E-state index contributed by atoms with van der Waals surface area (Å²) < 4.78 is 10.1. The molecule has 0 aliphatic carbocycles. The smallest absolute Gasteiger partial charge is 0.410 e. The number of nitrogens with one attached hydrogen (secondary N) is 1. The quantitative estimate of drug-likeness (QED) is 0.670. The number of likely N-dealkylation sites (N-methyl/N-ethyl adjacent to an activating group) is 1. The maximum absolute atomic E-state index is 13.1. The highest BCUT2D eigenvalue weighted by molar-refractivity contribution is 5.93. The number of hydrogen-bond donors (Lipinski definition) is 1. The van der Waals surface area contributed by atoms with Crippen LogP contribution >= 0.6 is 0 Å². The van der Waals surface area contributed by atoms with E-state index in [-0.39, 0.29) is 5.91 Å². The molecule has 29 heavy (non-hydrogen) atoms. The zero-order valence-electron chi connectivity index (χ0n) is 18.1. The Morgan fingerprint density at radius 2 is 1.86 bits per heavy atom. The lowest BCUT2D eigenvalue weighted by Crippen LogP contribution is -2.57. The molecule has 2 fully saturated rings. The van der Waals surface area contributed by atoms with Gasteiger partial charge >= 0.3 is 12.1 Å². The number of ether oxygens (including phenoxy) is 2. The Morgan fingerprint density at radius 3 is 2.45 bits per heavy atom. The molecule has 0 radical (unpaired) electrons. The van der Waals surface area contributed by atoms with Crippen LogP contribution in [0.25, 0.3) is 0 Å². The molecule has 0 aromatic heterocycles. The SMILES string of the molecule is COC(=O)C1CCN2CCCC(NC(=O)C(C)N(C)C(=O)OC(C)(C)C)C(=O)N12. The summed E-state index contributed by atoms with van der Waals surface area (Å²) in [6.07, 6.45) is 1.02. The molecule has 2 rings (SSSR count). The van der Waals surface area contributed by atoms with Crippen LogP contribution in [0.2, 0.25) is 0 Å². The van der Waals surface area contributed by atoms with E-state index in [2.05, 4.69) is 5.32 Å². The number of carbonyl (C=O) groups is 4. The van der Waals surface area contributed by atoms with Gasteiger partial charge in [-0.15, -0.1) is 0 Å². The number of hydrazine groups is 1. The van der Waals surface area contributed by atoms with Gasteiger partial charge in [0.15, 0.2) is 0 Å². The molecule has 2 aliphatic heterocycles. The zero-order chi connectivity index (χ0) is 21.9. The summed E-state index contributed by atoms with van der Waals surface area (Å²) in [5, 5.41) is 6.00. The first-order chi connectivity index (χ1) is 13.5. The summed E-state index contributed by atoms with van der Waals surface area (Å²) in [6.45, 7) is 8.01. The maximum atomic E-state index is 13.1. The molecular formula is C19H32N4O6. The Morgan fingerprint density at radius 1 is 1.21 bits per heavy atom. The number of esters is 1. The Balaban J connectivity index is 2.06. The molecule has 0 spiro atoms. The molecule has 2 saturated heterocycles. The largest absolute Gasteiger partial charge is 0.467 e. The highest BCUT2D eigenvalue weighted by atomic mass is 16.6. The van der Waals surface area contributed by atoms with Gasteiger partial charge in [-0.25, -0.2) is 14.6 Å². The Kier molecular flexibility index (Phi) is 7.10. The molecule has 10 nitrogen and oxygen atoms in total. The van der Waals surface area contributed by atoms with Crippen LogP contribution in [0.3, 0.4) is 0 Å². The topological polar surface area (TPSA) is 108 Å². The summed E-state index contributed by atoms with van der Waals surface area (Å²) in [7, 11) is 2.77. The van der Waals surface area contributed by atoms with Gasteiger partial charge in [0.2, 0.25) is 5.91 Å². The maximum Gasteiger partial charge on any atom is 0.410 e. The summed E-state index contributed by atoms with van der Waals surface area (Å²) in [5.74, 6) is -1.26. The molecule has 3 atom stereocenters. The number of nitrogens with zero attached hydrogens (tertiary/aromatic N) is 3. The van der Waals surface area contributed by atoms with Crippen LogP contribution in [0.15, 0.2) is 0 Å². The lowest BCUT2D eigenvalue weighted by Gasteiger charge is -2.32. The van der Waals surface area contributed by atoms with Gasteiger partial charge in [0.25, 0.3) is 5.91 Å². The second kappa shape index (κ2) is 8.98. The molecule has 3 amide bonds. The van der Waals surface area contributed by atoms with Crippen LogP contribution in [-0.2, 0) is 23.9 Å². The van der Waals surface area contributed by atoms with E-state index in [4.69, 9.17) is 9.47 Å². The second-order valence-electron chi connectivity index (χ2n) is 8.43. The minimum atomic E-state index is -0.827. The van der Waals surface area contributed by atoms with Gasteiger partial charge in [-0.3, -0.25) is 19.5 Å². The summed E-state index contributed by atoms with van der Waals surface area (Å²) in [5.41, 5.74) is -0.680. The molecule has 0 bridgehead atoms. The molecule has 0 aromatic carbocycles.